The lowest BCUT2D eigenvalue weighted by atomic mass is 10.0. The first-order valence-electron chi connectivity index (χ1n) is 11.9. The molecule has 37 heavy (non-hydrogen) atoms. The number of nitrogens with zero attached hydrogens (tertiary/aromatic N) is 4. The molecule has 0 unspecified atom stereocenters. The summed E-state index contributed by atoms with van der Waals surface area (Å²) in [6.45, 7) is 0. The molecule has 2 atom stereocenters. The minimum atomic E-state index is -0.177. The third-order valence-corrected chi connectivity index (χ3v) is 6.46. The molecule has 1 aliphatic rings. The number of anilines is 1. The minimum absolute atomic E-state index is 0.0619. The van der Waals surface area contributed by atoms with Crippen LogP contribution < -0.4 is 11.1 Å². The maximum Gasteiger partial charge on any atom is 0.229 e. The number of amides is 1. The van der Waals surface area contributed by atoms with Gasteiger partial charge in [-0.25, -0.2) is 4.99 Å². The summed E-state index contributed by atoms with van der Waals surface area (Å²) in [5, 5.41) is 12.8. The van der Waals surface area contributed by atoms with Crippen molar-refractivity contribution in [1.29, 1.82) is 0 Å². The molecule has 5 rings (SSSR count). The van der Waals surface area contributed by atoms with Crippen LogP contribution in [0.2, 0.25) is 5.02 Å². The van der Waals surface area contributed by atoms with Gasteiger partial charge < -0.3 is 11.1 Å². The Morgan fingerprint density at radius 1 is 1.00 bits per heavy atom. The predicted octanol–water partition coefficient (Wildman–Crippen LogP) is 5.57. The van der Waals surface area contributed by atoms with E-state index in [0.29, 0.717) is 28.5 Å². The zero-order chi connectivity index (χ0) is 25.8. The van der Waals surface area contributed by atoms with Crippen molar-refractivity contribution in [3.63, 3.8) is 0 Å². The van der Waals surface area contributed by atoms with Gasteiger partial charge in [0.2, 0.25) is 5.91 Å². The van der Waals surface area contributed by atoms with Crippen molar-refractivity contribution >= 4 is 51.8 Å². The normalized spacial score (nSPS) is 17.1. The molecule has 1 saturated carbocycles. The van der Waals surface area contributed by atoms with Crippen LogP contribution in [0.4, 0.5) is 11.5 Å². The zero-order valence-electron chi connectivity index (χ0n) is 20.2. The summed E-state index contributed by atoms with van der Waals surface area (Å²) in [5.41, 5.74) is 10.5. The third-order valence-electron chi connectivity index (χ3n) is 6.24. The molecule has 1 aromatic heterocycles. The summed E-state index contributed by atoms with van der Waals surface area (Å²) >= 11 is 6.48. The first-order chi connectivity index (χ1) is 18.1. The molecule has 0 saturated heterocycles. The molecule has 4 aromatic rings. The lowest BCUT2D eigenvalue weighted by molar-refractivity contribution is -0.117. The summed E-state index contributed by atoms with van der Waals surface area (Å²) in [4.78, 5) is 21.8. The second-order valence-corrected chi connectivity index (χ2v) is 9.21. The topological polar surface area (TPSA) is 106 Å². The van der Waals surface area contributed by atoms with E-state index in [9.17, 15) is 4.79 Å². The first kappa shape index (κ1) is 24.3. The molecule has 1 heterocycles. The SMILES string of the molecule is CN=CC(=CN)[C@H]1C[C@@H]1C(=O)Nc1cc2cc(Cl)cc(N=C(c3ccccc3)c3ccccc3)c2nn1. The molecular weight excluding hydrogens is 484 g/mol. The lowest BCUT2D eigenvalue weighted by Gasteiger charge is -2.10. The van der Waals surface area contributed by atoms with Crippen LogP contribution in [0.15, 0.2) is 101 Å². The van der Waals surface area contributed by atoms with Gasteiger partial charge in [-0.3, -0.25) is 9.79 Å². The number of aromatic nitrogens is 2. The Bertz CT molecular complexity index is 1490. The number of carbonyl (C=O) groups is 1. The van der Waals surface area contributed by atoms with Crippen molar-refractivity contribution in [2.24, 2.45) is 27.6 Å². The zero-order valence-corrected chi connectivity index (χ0v) is 20.9. The van der Waals surface area contributed by atoms with Crippen LogP contribution in [0.1, 0.15) is 17.5 Å². The van der Waals surface area contributed by atoms with E-state index in [2.05, 4.69) is 20.5 Å². The predicted molar refractivity (Wildman–Crippen MR) is 150 cm³/mol. The monoisotopic (exact) mass is 508 g/mol. The van der Waals surface area contributed by atoms with Crippen molar-refractivity contribution in [2.45, 2.75) is 6.42 Å². The fourth-order valence-corrected chi connectivity index (χ4v) is 4.56. The van der Waals surface area contributed by atoms with E-state index < -0.39 is 0 Å². The second kappa shape index (κ2) is 10.7. The van der Waals surface area contributed by atoms with E-state index in [0.717, 1.165) is 27.8 Å². The van der Waals surface area contributed by atoms with Crippen LogP contribution in [0, 0.1) is 11.8 Å². The Hall–Kier alpha value is -4.36. The van der Waals surface area contributed by atoms with Crippen molar-refractivity contribution in [2.75, 3.05) is 12.4 Å². The number of benzene rings is 3. The maximum atomic E-state index is 12.8. The Labute approximate surface area is 219 Å². The van der Waals surface area contributed by atoms with Gasteiger partial charge in [-0.1, -0.05) is 72.3 Å². The van der Waals surface area contributed by atoms with Crippen molar-refractivity contribution in [1.82, 2.24) is 10.2 Å². The summed E-state index contributed by atoms with van der Waals surface area (Å²) in [6.07, 6.45) is 3.91. The van der Waals surface area contributed by atoms with Crippen LogP contribution in [0.25, 0.3) is 10.9 Å². The largest absolute Gasteiger partial charge is 0.404 e. The summed E-state index contributed by atoms with van der Waals surface area (Å²) in [6, 6.07) is 25.2. The number of halogens is 1. The van der Waals surface area contributed by atoms with E-state index in [1.165, 1.54) is 6.20 Å². The number of allylic oxidation sites excluding steroid dienone is 1. The van der Waals surface area contributed by atoms with E-state index in [-0.39, 0.29) is 17.7 Å². The van der Waals surface area contributed by atoms with Gasteiger partial charge in [-0.05, 0) is 42.3 Å². The van der Waals surface area contributed by atoms with Gasteiger partial charge in [0.25, 0.3) is 0 Å². The third kappa shape index (κ3) is 5.42. The molecular formula is C29H25ClN6O. The highest BCUT2D eigenvalue weighted by atomic mass is 35.5. The highest BCUT2D eigenvalue weighted by molar-refractivity contribution is 6.32. The van der Waals surface area contributed by atoms with Crippen LogP contribution in [0.5, 0.6) is 0 Å². The van der Waals surface area contributed by atoms with Gasteiger partial charge in [-0.2, -0.15) is 0 Å². The fourth-order valence-electron chi connectivity index (χ4n) is 4.34. The molecule has 0 bridgehead atoms. The number of nitrogens with two attached hydrogens (primary N) is 1. The highest BCUT2D eigenvalue weighted by Gasteiger charge is 2.44. The maximum absolute atomic E-state index is 12.8. The smallest absolute Gasteiger partial charge is 0.229 e. The molecule has 3 aromatic carbocycles. The van der Waals surface area contributed by atoms with Gasteiger partial charge in [0.1, 0.15) is 5.52 Å². The van der Waals surface area contributed by atoms with Crippen LogP contribution >= 0.6 is 11.6 Å². The minimum Gasteiger partial charge on any atom is -0.404 e. The van der Waals surface area contributed by atoms with E-state index in [4.69, 9.17) is 22.3 Å². The number of hydrogen-bond acceptors (Lipinski definition) is 6. The number of aliphatic imine (C=N–C) groups is 2. The van der Waals surface area contributed by atoms with E-state index >= 15 is 0 Å². The highest BCUT2D eigenvalue weighted by Crippen LogP contribution is 2.44. The standard InChI is InChI=1S/C29H25ClN6O/c1-32-17-21(16-31)23-15-24(23)29(37)34-26-13-20-12-22(30)14-25(28(20)36-35-26)33-27(18-8-4-2-5-9-18)19-10-6-3-7-11-19/h2-14,16-17,23-24H,15,31H2,1H3,(H,34,35,37)/t23-,24+/m1/s1. The first-order valence-corrected chi connectivity index (χ1v) is 12.3. The van der Waals surface area contributed by atoms with Crippen LogP contribution in [0.3, 0.4) is 0 Å². The summed E-state index contributed by atoms with van der Waals surface area (Å²) < 4.78 is 0. The second-order valence-electron chi connectivity index (χ2n) is 8.78. The summed E-state index contributed by atoms with van der Waals surface area (Å²) in [5.74, 6) is 0.114. The summed E-state index contributed by atoms with van der Waals surface area (Å²) in [7, 11) is 1.68. The Balaban J connectivity index is 1.47. The average Bonchev–Trinajstić information content (AvgIpc) is 3.72. The van der Waals surface area contributed by atoms with E-state index in [1.54, 1.807) is 31.5 Å². The molecule has 7 nitrogen and oxygen atoms in total. The van der Waals surface area contributed by atoms with E-state index in [1.807, 2.05) is 60.7 Å². The molecule has 184 valence electrons. The number of fused-ring (bicyclic) bond motifs is 1. The Morgan fingerprint density at radius 3 is 2.30 bits per heavy atom. The van der Waals surface area contributed by atoms with Gasteiger partial charge >= 0.3 is 0 Å². The lowest BCUT2D eigenvalue weighted by Crippen LogP contribution is -2.16. The van der Waals surface area contributed by atoms with Crippen molar-refractivity contribution in [3.05, 3.63) is 107 Å². The average molecular weight is 509 g/mol. The van der Waals surface area contributed by atoms with Crippen LogP contribution in [-0.4, -0.2) is 35.1 Å². The Kier molecular flexibility index (Phi) is 7.05. The van der Waals surface area contributed by atoms with Gasteiger partial charge in [0.05, 0.1) is 11.4 Å². The molecule has 1 aliphatic carbocycles. The molecule has 0 radical (unpaired) electrons. The molecule has 1 fully saturated rings. The molecule has 8 heteroatoms. The fraction of sp³-hybridized carbons (Fsp3) is 0.138. The van der Waals surface area contributed by atoms with Gasteiger partial charge in [-0.15, -0.1) is 10.2 Å². The quantitative estimate of drug-likeness (QED) is 0.318. The number of carbonyl (C=O) groups excluding carboxylic acids is 1. The van der Waals surface area contributed by atoms with Gasteiger partial charge in [0.15, 0.2) is 5.82 Å². The molecule has 0 spiro atoms. The van der Waals surface area contributed by atoms with Crippen molar-refractivity contribution in [3.8, 4) is 0 Å². The number of nitrogens with one attached hydrogen (secondary N) is 1. The molecule has 0 aliphatic heterocycles. The number of hydrogen-bond donors (Lipinski definition) is 2. The van der Waals surface area contributed by atoms with Crippen molar-refractivity contribution < 1.29 is 4.79 Å². The molecule has 1 amide bonds. The number of rotatable bonds is 7. The van der Waals surface area contributed by atoms with Gasteiger partial charge in [0, 0.05) is 40.7 Å². The van der Waals surface area contributed by atoms with Crippen LogP contribution in [-0.2, 0) is 4.79 Å². The molecule has 3 N–H and O–H groups in total. The Morgan fingerprint density at radius 2 is 1.68 bits per heavy atom.